The van der Waals surface area contributed by atoms with Crippen LogP contribution in [0.1, 0.15) is 38.2 Å². The molecule has 0 aliphatic heterocycles. The number of hydrogen-bond donors (Lipinski definition) is 1. The van der Waals surface area contributed by atoms with E-state index in [1.165, 1.54) is 6.92 Å². The highest BCUT2D eigenvalue weighted by Crippen LogP contribution is 2.36. The maximum atomic E-state index is 13.0. The fraction of sp³-hybridized carbons (Fsp3) is 0.267. The fourth-order valence-corrected chi connectivity index (χ4v) is 2.75. The largest absolute Gasteiger partial charge is 0.462 e. The van der Waals surface area contributed by atoms with E-state index in [2.05, 4.69) is 9.72 Å². The number of anilines is 1. The molecule has 0 atom stereocenters. The molecule has 146 valence electrons. The van der Waals surface area contributed by atoms with Gasteiger partial charge in [-0.2, -0.15) is 26.3 Å². The number of thiazole rings is 1. The van der Waals surface area contributed by atoms with Crippen molar-refractivity contribution in [3.05, 3.63) is 46.0 Å². The molecule has 2 rings (SSSR count). The van der Waals surface area contributed by atoms with Gasteiger partial charge < -0.3 is 4.74 Å². The molecule has 0 radical (unpaired) electrons. The predicted octanol–water partition coefficient (Wildman–Crippen LogP) is 4.61. The van der Waals surface area contributed by atoms with Gasteiger partial charge in [-0.15, -0.1) is 0 Å². The first kappa shape index (κ1) is 20.7. The molecule has 0 aliphatic carbocycles. The van der Waals surface area contributed by atoms with Crippen molar-refractivity contribution >= 4 is 28.3 Å². The van der Waals surface area contributed by atoms with Crippen molar-refractivity contribution in [2.45, 2.75) is 19.3 Å². The highest BCUT2D eigenvalue weighted by Gasteiger charge is 2.40. The van der Waals surface area contributed by atoms with E-state index >= 15 is 0 Å². The molecule has 5 nitrogen and oxygen atoms in total. The molecule has 12 heteroatoms. The van der Waals surface area contributed by atoms with E-state index in [0.29, 0.717) is 12.1 Å². The number of halogens is 6. The van der Waals surface area contributed by atoms with Gasteiger partial charge >= 0.3 is 18.3 Å². The van der Waals surface area contributed by atoms with E-state index in [1.807, 2.05) is 5.32 Å². The summed E-state index contributed by atoms with van der Waals surface area (Å²) in [5.41, 5.74) is -2.74. The van der Waals surface area contributed by atoms with Crippen LogP contribution in [0.25, 0.3) is 0 Å². The van der Waals surface area contributed by atoms with Crippen molar-refractivity contribution in [3.8, 4) is 0 Å². The number of benzene rings is 1. The lowest BCUT2D eigenvalue weighted by atomic mass is 10.1. The number of hydrogen-bond acceptors (Lipinski definition) is 5. The summed E-state index contributed by atoms with van der Waals surface area (Å²) in [6.07, 6.45) is -9.56. The molecular weight excluding hydrogens is 402 g/mol. The molecule has 1 aromatic heterocycles. The molecule has 0 saturated carbocycles. The third-order valence-electron chi connectivity index (χ3n) is 3.05. The minimum absolute atomic E-state index is 0.165. The zero-order valence-electron chi connectivity index (χ0n) is 13.4. The van der Waals surface area contributed by atoms with Gasteiger partial charge in [-0.1, -0.05) is 11.3 Å². The predicted molar refractivity (Wildman–Crippen MR) is 82.5 cm³/mol. The van der Waals surface area contributed by atoms with Crippen LogP contribution in [0.4, 0.5) is 31.5 Å². The van der Waals surface area contributed by atoms with Crippen LogP contribution in [-0.2, 0) is 17.1 Å². The minimum Gasteiger partial charge on any atom is -0.462 e. The van der Waals surface area contributed by atoms with Crippen LogP contribution in [0.2, 0.25) is 0 Å². The average Bonchev–Trinajstić information content (AvgIpc) is 2.98. The van der Waals surface area contributed by atoms with Gasteiger partial charge in [0.2, 0.25) is 0 Å². The number of aromatic nitrogens is 1. The molecule has 0 unspecified atom stereocenters. The van der Waals surface area contributed by atoms with Gasteiger partial charge in [-0.3, -0.25) is 10.1 Å². The van der Waals surface area contributed by atoms with E-state index in [9.17, 15) is 35.9 Å². The van der Waals surface area contributed by atoms with Crippen LogP contribution < -0.4 is 5.32 Å². The Kier molecular flexibility index (Phi) is 5.78. The maximum Gasteiger partial charge on any atom is 0.435 e. The molecular formula is C15H10F6N2O3S. The van der Waals surface area contributed by atoms with E-state index in [-0.39, 0.29) is 23.5 Å². The Morgan fingerprint density at radius 2 is 1.67 bits per heavy atom. The van der Waals surface area contributed by atoms with E-state index in [0.717, 1.165) is 12.1 Å². The number of nitrogens with zero attached hydrogens (tertiary/aromatic N) is 1. The molecule has 27 heavy (non-hydrogen) atoms. The molecule has 0 fully saturated rings. The second-order valence-electron chi connectivity index (χ2n) is 4.94. The number of carbonyl (C=O) groups is 2. The second-order valence-corrected chi connectivity index (χ2v) is 5.94. The van der Waals surface area contributed by atoms with E-state index in [4.69, 9.17) is 0 Å². The number of ether oxygens (including phenoxy) is 1. The van der Waals surface area contributed by atoms with Crippen molar-refractivity contribution in [2.24, 2.45) is 0 Å². The molecule has 1 N–H and O–H groups in total. The summed E-state index contributed by atoms with van der Waals surface area (Å²) in [5, 5.41) is 1.48. The lowest BCUT2D eigenvalue weighted by molar-refractivity contribution is -0.141. The Hall–Kier alpha value is -2.63. The first-order valence-corrected chi connectivity index (χ1v) is 7.99. The average molecular weight is 412 g/mol. The Morgan fingerprint density at radius 1 is 1.07 bits per heavy atom. The summed E-state index contributed by atoms with van der Waals surface area (Å²) in [6.45, 7) is 1.24. The van der Waals surface area contributed by atoms with Crippen molar-refractivity contribution in [1.29, 1.82) is 0 Å². The summed E-state index contributed by atoms with van der Waals surface area (Å²) in [5.74, 6) is -2.24. The van der Waals surface area contributed by atoms with E-state index < -0.39 is 45.5 Å². The number of rotatable bonds is 4. The summed E-state index contributed by atoms with van der Waals surface area (Å²) >= 11 is 0.247. The highest BCUT2D eigenvalue weighted by atomic mass is 32.1. The molecule has 1 amide bonds. The SMILES string of the molecule is CCOC(=O)c1sc(NC(=O)c2ccc(C(F)(F)F)cc2)nc1C(F)(F)F. The topological polar surface area (TPSA) is 68.3 Å². The monoisotopic (exact) mass is 412 g/mol. The summed E-state index contributed by atoms with van der Waals surface area (Å²) in [6, 6.07) is 3.04. The van der Waals surface area contributed by atoms with Crippen LogP contribution in [-0.4, -0.2) is 23.5 Å². The Balaban J connectivity index is 2.26. The molecule has 1 aromatic carbocycles. The lowest BCUT2D eigenvalue weighted by Crippen LogP contribution is -2.14. The van der Waals surface area contributed by atoms with Crippen LogP contribution in [0, 0.1) is 0 Å². The number of esters is 1. The minimum atomic E-state index is -4.96. The summed E-state index contributed by atoms with van der Waals surface area (Å²) in [7, 11) is 0. The Bertz CT molecular complexity index is 843. The van der Waals surface area contributed by atoms with Crippen LogP contribution in [0.5, 0.6) is 0 Å². The summed E-state index contributed by atoms with van der Waals surface area (Å²) < 4.78 is 81.0. The quantitative estimate of drug-likeness (QED) is 0.588. The normalized spacial score (nSPS) is 12.0. The van der Waals surface area contributed by atoms with Gasteiger partial charge in [0, 0.05) is 5.56 Å². The highest BCUT2D eigenvalue weighted by molar-refractivity contribution is 7.17. The third kappa shape index (κ3) is 4.96. The Morgan fingerprint density at radius 3 is 2.15 bits per heavy atom. The van der Waals surface area contributed by atoms with Crippen LogP contribution >= 0.6 is 11.3 Å². The first-order valence-electron chi connectivity index (χ1n) is 7.17. The van der Waals surface area contributed by atoms with Gasteiger partial charge in [0.25, 0.3) is 5.91 Å². The number of carbonyl (C=O) groups excluding carboxylic acids is 2. The zero-order chi connectivity index (χ0) is 20.4. The van der Waals surface area contributed by atoms with Crippen LogP contribution in [0.15, 0.2) is 24.3 Å². The third-order valence-corrected chi connectivity index (χ3v) is 4.00. The molecule has 0 spiro atoms. The van der Waals surface area contributed by atoms with Gasteiger partial charge in [0.1, 0.15) is 4.88 Å². The lowest BCUT2D eigenvalue weighted by Gasteiger charge is -2.07. The molecule has 1 heterocycles. The van der Waals surface area contributed by atoms with Crippen molar-refractivity contribution < 1.29 is 40.7 Å². The number of nitrogens with one attached hydrogen (secondary N) is 1. The first-order chi connectivity index (χ1) is 12.4. The molecule has 2 aromatic rings. The molecule has 0 aliphatic rings. The zero-order valence-corrected chi connectivity index (χ0v) is 14.2. The second kappa shape index (κ2) is 7.55. The van der Waals surface area contributed by atoms with Gasteiger partial charge in [0.15, 0.2) is 10.8 Å². The summed E-state index contributed by atoms with van der Waals surface area (Å²) in [4.78, 5) is 26.0. The van der Waals surface area contributed by atoms with Crippen molar-refractivity contribution in [1.82, 2.24) is 4.98 Å². The van der Waals surface area contributed by atoms with Crippen molar-refractivity contribution in [2.75, 3.05) is 11.9 Å². The molecule has 0 bridgehead atoms. The van der Waals surface area contributed by atoms with Gasteiger partial charge in [0.05, 0.1) is 12.2 Å². The smallest absolute Gasteiger partial charge is 0.435 e. The Labute approximate surface area is 152 Å². The fourth-order valence-electron chi connectivity index (χ4n) is 1.88. The standard InChI is InChI=1S/C15H10F6N2O3S/c1-2-26-12(25)9-10(15(19,20)21)22-13(27-9)23-11(24)7-3-5-8(6-4-7)14(16,17)18/h3-6H,2H2,1H3,(H,22,23,24). The van der Waals surface area contributed by atoms with Gasteiger partial charge in [-0.05, 0) is 31.2 Å². The number of amides is 1. The van der Waals surface area contributed by atoms with Crippen molar-refractivity contribution in [3.63, 3.8) is 0 Å². The maximum absolute atomic E-state index is 13.0. The van der Waals surface area contributed by atoms with Crippen LogP contribution in [0.3, 0.4) is 0 Å². The molecule has 0 saturated heterocycles. The van der Waals surface area contributed by atoms with E-state index in [1.54, 1.807) is 0 Å². The van der Waals surface area contributed by atoms with Gasteiger partial charge in [-0.25, -0.2) is 9.78 Å². The number of alkyl halides is 6.